The van der Waals surface area contributed by atoms with E-state index in [1.54, 1.807) is 0 Å². The highest BCUT2D eigenvalue weighted by atomic mass is 19.2. The van der Waals surface area contributed by atoms with Crippen LogP contribution in [0.5, 0.6) is 0 Å². The van der Waals surface area contributed by atoms with Gasteiger partial charge in [0.05, 0.1) is 24.0 Å². The number of aliphatic hydroxyl groups is 1. The minimum Gasteiger partial charge on any atom is -0.387 e. The number of rotatable bonds is 4. The van der Waals surface area contributed by atoms with Gasteiger partial charge < -0.3 is 5.11 Å². The van der Waals surface area contributed by atoms with Gasteiger partial charge in [0.2, 0.25) is 11.8 Å². The van der Waals surface area contributed by atoms with Crippen LogP contribution >= 0.6 is 0 Å². The highest BCUT2D eigenvalue weighted by Crippen LogP contribution is 2.60. The number of carbonyl (C=O) groups is 2. The lowest BCUT2D eigenvalue weighted by atomic mass is 9.94. The molecule has 0 aromatic heterocycles. The number of amides is 2. The quantitative estimate of drug-likeness (QED) is 0.867. The van der Waals surface area contributed by atoms with Crippen LogP contribution in [0, 0.1) is 17.6 Å². The fourth-order valence-electron chi connectivity index (χ4n) is 3.68. The number of likely N-dealkylation sites (tertiary alicyclic amines) is 1. The Morgan fingerprint density at radius 3 is 2.52 bits per heavy atom. The van der Waals surface area contributed by atoms with Gasteiger partial charge in [0, 0.05) is 0 Å². The van der Waals surface area contributed by atoms with E-state index in [9.17, 15) is 23.5 Å². The Hall–Kier alpha value is -2.60. The van der Waals surface area contributed by atoms with E-state index >= 15 is 0 Å². The van der Waals surface area contributed by atoms with E-state index in [1.165, 1.54) is 6.07 Å². The monoisotopic (exact) mass is 343 g/mol. The Bertz CT molecular complexity index is 870. The first-order valence-corrected chi connectivity index (χ1v) is 7.99. The summed E-state index contributed by atoms with van der Waals surface area (Å²) < 4.78 is 26.3. The van der Waals surface area contributed by atoms with Gasteiger partial charge in [-0.3, -0.25) is 14.5 Å². The van der Waals surface area contributed by atoms with Crippen LogP contribution in [0.4, 0.5) is 8.78 Å². The molecule has 25 heavy (non-hydrogen) atoms. The molecule has 128 valence electrons. The number of nitrogens with zero attached hydrogens (tertiary/aromatic N) is 1. The van der Waals surface area contributed by atoms with Gasteiger partial charge in [-0.1, -0.05) is 36.4 Å². The van der Waals surface area contributed by atoms with E-state index in [4.69, 9.17) is 0 Å². The number of piperidine rings is 1. The third-order valence-corrected chi connectivity index (χ3v) is 5.12. The second kappa shape index (κ2) is 5.46. The Labute approximate surface area is 142 Å². The molecule has 2 aromatic carbocycles. The zero-order chi connectivity index (χ0) is 17.8. The molecule has 0 spiro atoms. The van der Waals surface area contributed by atoms with Crippen molar-refractivity contribution in [2.24, 2.45) is 5.92 Å². The third kappa shape index (κ3) is 2.28. The second-order valence-electron chi connectivity index (χ2n) is 6.54. The fraction of sp³-hybridized carbons (Fsp3) is 0.263. The van der Waals surface area contributed by atoms with Gasteiger partial charge in [-0.2, -0.15) is 0 Å². The van der Waals surface area contributed by atoms with Crippen molar-refractivity contribution in [1.82, 2.24) is 4.90 Å². The predicted octanol–water partition coefficient (Wildman–Crippen LogP) is 2.32. The van der Waals surface area contributed by atoms with Crippen LogP contribution in [0.3, 0.4) is 0 Å². The SMILES string of the molecule is O=C1[C@@H]2C[C@]2(c2ccccc2)C(=O)N1CC(O)c1ccc(F)c(F)c1. The van der Waals surface area contributed by atoms with E-state index in [1.807, 2.05) is 30.3 Å². The molecule has 3 atom stereocenters. The van der Waals surface area contributed by atoms with Gasteiger partial charge in [-0.05, 0) is 29.7 Å². The zero-order valence-electron chi connectivity index (χ0n) is 13.2. The van der Waals surface area contributed by atoms with E-state index in [2.05, 4.69) is 0 Å². The summed E-state index contributed by atoms with van der Waals surface area (Å²) in [6.07, 6.45) is -0.791. The minimum absolute atomic E-state index is 0.119. The molecule has 1 N–H and O–H groups in total. The fourth-order valence-corrected chi connectivity index (χ4v) is 3.68. The third-order valence-electron chi connectivity index (χ3n) is 5.12. The Morgan fingerprint density at radius 1 is 1.12 bits per heavy atom. The number of benzene rings is 2. The molecule has 2 fully saturated rings. The molecule has 1 unspecified atom stereocenters. The standard InChI is InChI=1S/C19H15F2NO3/c20-14-7-6-11(8-15(14)21)16(23)10-22-17(24)13-9-19(13,18(22)25)12-4-2-1-3-5-12/h1-8,13,16,23H,9-10H2/t13-,16?,19+/m0/s1. The molecule has 1 heterocycles. The lowest BCUT2D eigenvalue weighted by molar-refractivity contribution is -0.143. The summed E-state index contributed by atoms with van der Waals surface area (Å²) in [6, 6.07) is 12.1. The number of halogens is 2. The lowest BCUT2D eigenvalue weighted by Gasteiger charge is -2.22. The van der Waals surface area contributed by atoms with E-state index in [0.717, 1.165) is 22.6 Å². The maximum Gasteiger partial charge on any atom is 0.240 e. The summed E-state index contributed by atoms with van der Waals surface area (Å²) in [5.41, 5.74) is 0.0866. The average molecular weight is 343 g/mol. The van der Waals surface area contributed by atoms with Crippen molar-refractivity contribution in [2.75, 3.05) is 6.54 Å². The van der Waals surface area contributed by atoms with Crippen LogP contribution < -0.4 is 0 Å². The highest BCUT2D eigenvalue weighted by Gasteiger charge is 2.72. The van der Waals surface area contributed by atoms with Crippen molar-refractivity contribution >= 4 is 11.8 Å². The Kier molecular flexibility index (Phi) is 3.47. The predicted molar refractivity (Wildman–Crippen MR) is 84.3 cm³/mol. The molecule has 0 radical (unpaired) electrons. The summed E-state index contributed by atoms with van der Waals surface area (Å²) >= 11 is 0. The highest BCUT2D eigenvalue weighted by molar-refractivity contribution is 6.15. The van der Waals surface area contributed by atoms with Crippen molar-refractivity contribution in [3.05, 3.63) is 71.3 Å². The summed E-state index contributed by atoms with van der Waals surface area (Å²) in [6.45, 7) is -0.270. The molecular weight excluding hydrogens is 328 g/mol. The molecule has 2 aromatic rings. The van der Waals surface area contributed by atoms with Crippen molar-refractivity contribution in [3.8, 4) is 0 Å². The average Bonchev–Trinajstić information content (AvgIpc) is 3.34. The number of hydrogen-bond donors (Lipinski definition) is 1. The normalized spacial score (nSPS) is 25.9. The van der Waals surface area contributed by atoms with Gasteiger partial charge in [0.15, 0.2) is 11.6 Å². The van der Waals surface area contributed by atoms with Crippen LogP contribution in [0.15, 0.2) is 48.5 Å². The topological polar surface area (TPSA) is 57.6 Å². The first kappa shape index (κ1) is 15.9. The van der Waals surface area contributed by atoms with E-state index in [-0.39, 0.29) is 23.9 Å². The Morgan fingerprint density at radius 2 is 1.84 bits per heavy atom. The van der Waals surface area contributed by atoms with Gasteiger partial charge in [-0.15, -0.1) is 0 Å². The number of fused-ring (bicyclic) bond motifs is 1. The first-order chi connectivity index (χ1) is 11.9. The number of aliphatic hydroxyl groups excluding tert-OH is 1. The first-order valence-electron chi connectivity index (χ1n) is 7.99. The van der Waals surface area contributed by atoms with E-state index in [0.29, 0.717) is 6.42 Å². The molecule has 4 nitrogen and oxygen atoms in total. The summed E-state index contributed by atoms with van der Waals surface area (Å²) in [4.78, 5) is 26.3. The van der Waals surface area contributed by atoms with Crippen molar-refractivity contribution < 1.29 is 23.5 Å². The maximum atomic E-state index is 13.3. The second-order valence-corrected chi connectivity index (χ2v) is 6.54. The van der Waals surface area contributed by atoms with Crippen LogP contribution in [0.2, 0.25) is 0 Å². The maximum absolute atomic E-state index is 13.3. The van der Waals surface area contributed by atoms with Crippen LogP contribution in [-0.4, -0.2) is 28.4 Å². The van der Waals surface area contributed by atoms with Crippen LogP contribution in [0.1, 0.15) is 23.7 Å². The molecule has 2 amide bonds. The summed E-state index contributed by atoms with van der Waals surface area (Å²) in [5.74, 6) is -3.17. The number of β-amino-alcohol motifs (C(OH)–C–C–N with tert-alkyl or cyclic N) is 1. The molecular formula is C19H15F2NO3. The zero-order valence-corrected chi connectivity index (χ0v) is 13.2. The molecule has 2 aliphatic rings. The van der Waals surface area contributed by atoms with Gasteiger partial charge in [0.25, 0.3) is 0 Å². The molecule has 1 aliphatic carbocycles. The van der Waals surface area contributed by atoms with Crippen LogP contribution in [0.25, 0.3) is 0 Å². The molecule has 1 aliphatic heterocycles. The van der Waals surface area contributed by atoms with E-state index < -0.39 is 29.1 Å². The molecule has 1 saturated heterocycles. The summed E-state index contributed by atoms with van der Waals surface area (Å²) in [7, 11) is 0. The van der Waals surface area contributed by atoms with Gasteiger partial charge in [0.1, 0.15) is 0 Å². The summed E-state index contributed by atoms with van der Waals surface area (Å²) in [5, 5.41) is 10.3. The number of carbonyl (C=O) groups excluding carboxylic acids is 2. The minimum atomic E-state index is -1.27. The van der Waals surface area contributed by atoms with Gasteiger partial charge >= 0.3 is 0 Å². The number of hydrogen-bond acceptors (Lipinski definition) is 3. The smallest absolute Gasteiger partial charge is 0.240 e. The van der Waals surface area contributed by atoms with Gasteiger partial charge in [-0.25, -0.2) is 8.78 Å². The van der Waals surface area contributed by atoms with Crippen molar-refractivity contribution in [3.63, 3.8) is 0 Å². The molecule has 1 saturated carbocycles. The molecule has 6 heteroatoms. The largest absolute Gasteiger partial charge is 0.387 e. The molecule has 0 bridgehead atoms. The lowest BCUT2D eigenvalue weighted by Crippen LogP contribution is -2.39. The Balaban J connectivity index is 1.57. The number of imide groups is 1. The van der Waals surface area contributed by atoms with Crippen LogP contribution in [-0.2, 0) is 15.0 Å². The van der Waals surface area contributed by atoms with Crippen molar-refractivity contribution in [2.45, 2.75) is 17.9 Å². The van der Waals surface area contributed by atoms with Crippen molar-refractivity contribution in [1.29, 1.82) is 0 Å². The molecule has 4 rings (SSSR count).